The third-order valence-electron chi connectivity index (χ3n) is 3.44. The number of benzene rings is 1. The number of nitrogens with zero attached hydrogens (tertiary/aromatic N) is 1. The molecule has 0 aliphatic carbocycles. The molecule has 18 heavy (non-hydrogen) atoms. The lowest BCUT2D eigenvalue weighted by Gasteiger charge is -2.32. The smallest absolute Gasteiger partial charge is 0.254 e. The number of carbonyl (C=O) groups is 1. The summed E-state index contributed by atoms with van der Waals surface area (Å²) in [6.07, 6.45) is 2.30. The maximum absolute atomic E-state index is 12.4. The summed E-state index contributed by atoms with van der Waals surface area (Å²) in [6.45, 7) is 6.27. The summed E-state index contributed by atoms with van der Waals surface area (Å²) < 4.78 is 5.64. The van der Waals surface area contributed by atoms with Gasteiger partial charge >= 0.3 is 0 Å². The van der Waals surface area contributed by atoms with Crippen molar-refractivity contribution in [2.24, 2.45) is 0 Å². The fourth-order valence-electron chi connectivity index (χ4n) is 2.48. The number of ether oxygens (including phenoxy) is 1. The quantitative estimate of drug-likeness (QED) is 0.821. The van der Waals surface area contributed by atoms with E-state index in [0.29, 0.717) is 0 Å². The molecular formula is C15H21NO2. The first kappa shape index (κ1) is 13.1. The Morgan fingerprint density at radius 1 is 1.44 bits per heavy atom. The average Bonchev–Trinajstić information content (AvgIpc) is 2.39. The topological polar surface area (TPSA) is 29.5 Å². The molecule has 1 unspecified atom stereocenters. The molecule has 0 N–H and O–H groups in total. The number of aryl methyl sites for hydroxylation is 1. The number of carbonyl (C=O) groups excluding carboxylic acids is 1. The van der Waals surface area contributed by atoms with E-state index in [1.54, 1.807) is 0 Å². The van der Waals surface area contributed by atoms with Gasteiger partial charge in [0.2, 0.25) is 0 Å². The van der Waals surface area contributed by atoms with E-state index >= 15 is 0 Å². The van der Waals surface area contributed by atoms with Gasteiger partial charge in [-0.25, -0.2) is 0 Å². The highest BCUT2D eigenvalue weighted by Crippen LogP contribution is 2.17. The minimum Gasteiger partial charge on any atom is -0.377 e. The molecule has 1 aromatic rings. The largest absolute Gasteiger partial charge is 0.377 e. The van der Waals surface area contributed by atoms with Crippen molar-refractivity contribution in [3.05, 3.63) is 35.4 Å². The van der Waals surface area contributed by atoms with E-state index in [4.69, 9.17) is 4.74 Å². The van der Waals surface area contributed by atoms with Crippen molar-refractivity contribution in [1.29, 1.82) is 0 Å². The molecule has 1 fully saturated rings. The lowest BCUT2D eigenvalue weighted by Crippen LogP contribution is -2.43. The van der Waals surface area contributed by atoms with E-state index in [9.17, 15) is 4.79 Å². The zero-order chi connectivity index (χ0) is 13.0. The molecule has 1 atom stereocenters. The molecule has 0 radical (unpaired) electrons. The van der Waals surface area contributed by atoms with Crippen LogP contribution in [0, 0.1) is 6.92 Å². The summed E-state index contributed by atoms with van der Waals surface area (Å²) in [7, 11) is 0. The van der Waals surface area contributed by atoms with Gasteiger partial charge in [0.1, 0.15) is 0 Å². The van der Waals surface area contributed by atoms with Crippen LogP contribution in [0.1, 0.15) is 35.7 Å². The Balaban J connectivity index is 2.07. The second-order valence-corrected chi connectivity index (χ2v) is 4.79. The van der Waals surface area contributed by atoms with Gasteiger partial charge in [0.15, 0.2) is 0 Å². The average molecular weight is 247 g/mol. The van der Waals surface area contributed by atoms with Gasteiger partial charge in [-0.1, -0.05) is 18.2 Å². The van der Waals surface area contributed by atoms with Crippen LogP contribution in [-0.4, -0.2) is 36.6 Å². The highest BCUT2D eigenvalue weighted by molar-refractivity contribution is 5.95. The van der Waals surface area contributed by atoms with E-state index < -0.39 is 0 Å². The van der Waals surface area contributed by atoms with Crippen LogP contribution in [0.5, 0.6) is 0 Å². The van der Waals surface area contributed by atoms with Gasteiger partial charge in [0.05, 0.1) is 6.10 Å². The second kappa shape index (κ2) is 6.01. The first-order valence-corrected chi connectivity index (χ1v) is 6.69. The van der Waals surface area contributed by atoms with Crippen LogP contribution in [0.3, 0.4) is 0 Å². The minimum absolute atomic E-state index is 0.137. The highest BCUT2D eigenvalue weighted by Gasteiger charge is 2.25. The molecule has 3 heteroatoms. The fourth-order valence-corrected chi connectivity index (χ4v) is 2.48. The summed E-state index contributed by atoms with van der Waals surface area (Å²) >= 11 is 0. The summed E-state index contributed by atoms with van der Waals surface area (Å²) in [5, 5.41) is 0. The van der Waals surface area contributed by atoms with Crippen LogP contribution in [0.25, 0.3) is 0 Å². The maximum atomic E-state index is 12.4. The number of hydrogen-bond donors (Lipinski definition) is 0. The molecule has 3 nitrogen and oxygen atoms in total. The molecular weight excluding hydrogens is 226 g/mol. The Morgan fingerprint density at radius 2 is 2.22 bits per heavy atom. The molecule has 1 amide bonds. The van der Waals surface area contributed by atoms with E-state index in [-0.39, 0.29) is 12.0 Å². The van der Waals surface area contributed by atoms with Crippen LogP contribution < -0.4 is 0 Å². The van der Waals surface area contributed by atoms with Crippen molar-refractivity contribution in [3.63, 3.8) is 0 Å². The van der Waals surface area contributed by atoms with Gasteiger partial charge < -0.3 is 9.64 Å². The SMILES string of the molecule is CCOC1CCCN(C(=O)c2ccccc2C)C1. The Labute approximate surface area is 109 Å². The van der Waals surface area contributed by atoms with E-state index in [2.05, 4.69) is 0 Å². The monoisotopic (exact) mass is 247 g/mol. The van der Waals surface area contributed by atoms with Crippen LogP contribution in [0.4, 0.5) is 0 Å². The standard InChI is InChI=1S/C15H21NO2/c1-3-18-13-8-6-10-16(11-13)15(17)14-9-5-4-7-12(14)2/h4-5,7,9,13H,3,6,8,10-11H2,1-2H3. The predicted octanol–water partition coefficient (Wildman–Crippen LogP) is 2.64. The summed E-state index contributed by atoms with van der Waals surface area (Å²) in [5.41, 5.74) is 1.86. The normalized spacial score (nSPS) is 19.9. The van der Waals surface area contributed by atoms with Crippen molar-refractivity contribution in [3.8, 4) is 0 Å². The minimum atomic E-state index is 0.137. The van der Waals surface area contributed by atoms with Crippen molar-refractivity contribution in [1.82, 2.24) is 4.90 Å². The van der Waals surface area contributed by atoms with Gasteiger partial charge in [-0.3, -0.25) is 4.79 Å². The van der Waals surface area contributed by atoms with Gasteiger partial charge in [-0.05, 0) is 38.3 Å². The summed E-state index contributed by atoms with van der Waals surface area (Å²) in [6, 6.07) is 7.77. The molecule has 0 aromatic heterocycles. The molecule has 1 aromatic carbocycles. The van der Waals surface area contributed by atoms with Crippen molar-refractivity contribution >= 4 is 5.91 Å². The summed E-state index contributed by atoms with van der Waals surface area (Å²) in [4.78, 5) is 14.4. The highest BCUT2D eigenvalue weighted by atomic mass is 16.5. The van der Waals surface area contributed by atoms with Crippen LogP contribution in [0.15, 0.2) is 24.3 Å². The molecule has 0 saturated carbocycles. The first-order chi connectivity index (χ1) is 8.72. The molecule has 0 bridgehead atoms. The van der Waals surface area contributed by atoms with Gasteiger partial charge in [0, 0.05) is 25.3 Å². The third-order valence-corrected chi connectivity index (χ3v) is 3.44. The molecule has 2 rings (SSSR count). The molecule has 1 heterocycles. The maximum Gasteiger partial charge on any atom is 0.254 e. The first-order valence-electron chi connectivity index (χ1n) is 6.69. The summed E-state index contributed by atoms with van der Waals surface area (Å²) in [5.74, 6) is 0.137. The molecule has 1 aliphatic rings. The van der Waals surface area contributed by atoms with Crippen molar-refractivity contribution in [2.75, 3.05) is 19.7 Å². The van der Waals surface area contributed by atoms with Gasteiger partial charge in [0.25, 0.3) is 5.91 Å². The number of likely N-dealkylation sites (tertiary alicyclic amines) is 1. The fraction of sp³-hybridized carbons (Fsp3) is 0.533. The van der Waals surface area contributed by atoms with Gasteiger partial charge in [-0.15, -0.1) is 0 Å². The molecule has 1 saturated heterocycles. The number of rotatable bonds is 3. The zero-order valence-electron chi connectivity index (χ0n) is 11.2. The Morgan fingerprint density at radius 3 is 2.94 bits per heavy atom. The Hall–Kier alpha value is -1.35. The van der Waals surface area contributed by atoms with E-state index in [1.165, 1.54) is 0 Å². The van der Waals surface area contributed by atoms with Crippen molar-refractivity contribution < 1.29 is 9.53 Å². The Bertz CT molecular complexity index is 415. The molecule has 1 aliphatic heterocycles. The van der Waals surface area contributed by atoms with E-state index in [1.807, 2.05) is 43.0 Å². The number of amides is 1. The zero-order valence-corrected chi connectivity index (χ0v) is 11.2. The predicted molar refractivity (Wildman–Crippen MR) is 71.7 cm³/mol. The third kappa shape index (κ3) is 2.91. The van der Waals surface area contributed by atoms with Crippen LogP contribution in [0.2, 0.25) is 0 Å². The van der Waals surface area contributed by atoms with Crippen LogP contribution >= 0.6 is 0 Å². The number of hydrogen-bond acceptors (Lipinski definition) is 2. The molecule has 98 valence electrons. The van der Waals surface area contributed by atoms with E-state index in [0.717, 1.165) is 43.7 Å². The number of piperidine rings is 1. The van der Waals surface area contributed by atoms with Gasteiger partial charge in [-0.2, -0.15) is 0 Å². The lowest BCUT2D eigenvalue weighted by atomic mass is 10.0. The lowest BCUT2D eigenvalue weighted by molar-refractivity contribution is 0.00721. The second-order valence-electron chi connectivity index (χ2n) is 4.79. The molecule has 0 spiro atoms. The van der Waals surface area contributed by atoms with Crippen molar-refractivity contribution in [2.45, 2.75) is 32.8 Å². The Kier molecular flexibility index (Phi) is 4.37. The van der Waals surface area contributed by atoms with Crippen LogP contribution in [-0.2, 0) is 4.74 Å².